The van der Waals surface area contributed by atoms with Crippen LogP contribution >= 0.6 is 0 Å². The zero-order chi connectivity index (χ0) is 11.5. The van der Waals surface area contributed by atoms with Crippen LogP contribution in [0.2, 0.25) is 0 Å². The van der Waals surface area contributed by atoms with E-state index in [2.05, 4.69) is 0 Å². The summed E-state index contributed by atoms with van der Waals surface area (Å²) >= 11 is 0. The monoisotopic (exact) mass is 222 g/mol. The highest BCUT2D eigenvalue weighted by atomic mass is 16.6. The van der Waals surface area contributed by atoms with E-state index in [9.17, 15) is 4.79 Å². The van der Waals surface area contributed by atoms with Crippen LogP contribution in [0.4, 0.5) is 0 Å². The van der Waals surface area contributed by atoms with Gasteiger partial charge in [-0.05, 0) is 13.0 Å². The number of ether oxygens (including phenoxy) is 3. The largest absolute Gasteiger partial charge is 0.496 e. The van der Waals surface area contributed by atoms with E-state index < -0.39 is 6.10 Å². The average Bonchev–Trinajstić information content (AvgIpc) is 3.09. The molecule has 86 valence electrons. The number of benzene rings is 1. The summed E-state index contributed by atoms with van der Waals surface area (Å²) < 4.78 is 15.4. The third kappa shape index (κ3) is 2.02. The van der Waals surface area contributed by atoms with Crippen molar-refractivity contribution in [3.8, 4) is 5.75 Å². The zero-order valence-corrected chi connectivity index (χ0v) is 9.30. The van der Waals surface area contributed by atoms with Crippen LogP contribution in [0.25, 0.3) is 0 Å². The van der Waals surface area contributed by atoms with Crippen molar-refractivity contribution >= 4 is 5.97 Å². The summed E-state index contributed by atoms with van der Waals surface area (Å²) in [4.78, 5) is 11.4. The van der Waals surface area contributed by atoms with Crippen molar-refractivity contribution in [2.45, 2.75) is 19.1 Å². The molecule has 0 N–H and O–H groups in total. The highest BCUT2D eigenvalue weighted by Crippen LogP contribution is 2.43. The third-order valence-corrected chi connectivity index (χ3v) is 2.46. The molecule has 2 atom stereocenters. The summed E-state index contributed by atoms with van der Waals surface area (Å²) in [6, 6.07) is 7.51. The quantitative estimate of drug-likeness (QED) is 0.574. The number of rotatable bonds is 4. The van der Waals surface area contributed by atoms with Crippen LogP contribution in [0.3, 0.4) is 0 Å². The number of esters is 1. The van der Waals surface area contributed by atoms with E-state index in [0.29, 0.717) is 6.61 Å². The molecule has 1 aliphatic rings. The van der Waals surface area contributed by atoms with Crippen molar-refractivity contribution in [3.63, 3.8) is 0 Å². The normalized spacial score (nSPS) is 22.6. The lowest BCUT2D eigenvalue weighted by Gasteiger charge is -2.04. The first-order valence-corrected chi connectivity index (χ1v) is 5.23. The Morgan fingerprint density at radius 1 is 1.44 bits per heavy atom. The lowest BCUT2D eigenvalue weighted by molar-refractivity contribution is -0.144. The Balaban J connectivity index is 2.08. The first-order valence-electron chi connectivity index (χ1n) is 5.23. The fourth-order valence-corrected chi connectivity index (χ4v) is 1.65. The van der Waals surface area contributed by atoms with E-state index in [1.807, 2.05) is 24.3 Å². The summed E-state index contributed by atoms with van der Waals surface area (Å²) in [6.07, 6.45) is -0.702. The van der Waals surface area contributed by atoms with Gasteiger partial charge in [-0.1, -0.05) is 18.2 Å². The molecule has 0 bridgehead atoms. The smallest absolute Gasteiger partial charge is 0.338 e. The first kappa shape index (κ1) is 11.0. The van der Waals surface area contributed by atoms with Crippen LogP contribution in [-0.2, 0) is 14.3 Å². The summed E-state index contributed by atoms with van der Waals surface area (Å²) in [5.74, 6) is 0.428. The number of para-hydroxylation sites is 1. The number of methoxy groups -OCH3 is 1. The molecule has 1 heterocycles. The van der Waals surface area contributed by atoms with E-state index >= 15 is 0 Å². The second-order valence-corrected chi connectivity index (χ2v) is 3.47. The summed E-state index contributed by atoms with van der Waals surface area (Å²) in [5, 5.41) is 0. The maximum absolute atomic E-state index is 11.4. The topological polar surface area (TPSA) is 48.1 Å². The summed E-state index contributed by atoms with van der Waals surface area (Å²) in [5.41, 5.74) is 0.892. The van der Waals surface area contributed by atoms with Crippen molar-refractivity contribution in [1.82, 2.24) is 0 Å². The van der Waals surface area contributed by atoms with Gasteiger partial charge in [0.2, 0.25) is 0 Å². The van der Waals surface area contributed by atoms with Gasteiger partial charge >= 0.3 is 5.97 Å². The average molecular weight is 222 g/mol. The van der Waals surface area contributed by atoms with Gasteiger partial charge in [-0.25, -0.2) is 4.79 Å². The summed E-state index contributed by atoms with van der Waals surface area (Å²) in [7, 11) is 1.60. The second kappa shape index (κ2) is 4.53. The Morgan fingerprint density at radius 2 is 2.19 bits per heavy atom. The lowest BCUT2D eigenvalue weighted by atomic mass is 10.1. The molecule has 1 aromatic carbocycles. The molecule has 2 rings (SSSR count). The standard InChI is InChI=1S/C12H14O4/c1-3-15-12(13)11-10(16-11)8-6-4-5-7-9(8)14-2/h4-7,10-11H,3H2,1-2H3/t10-,11-/m1/s1. The van der Waals surface area contributed by atoms with Crippen LogP contribution in [0, 0.1) is 0 Å². The van der Waals surface area contributed by atoms with Crippen LogP contribution in [0.15, 0.2) is 24.3 Å². The molecule has 1 aliphatic heterocycles. The molecule has 0 amide bonds. The molecule has 1 aromatic rings. The van der Waals surface area contributed by atoms with Crippen molar-refractivity contribution in [2.75, 3.05) is 13.7 Å². The molecule has 1 saturated heterocycles. The fraction of sp³-hybridized carbons (Fsp3) is 0.417. The maximum Gasteiger partial charge on any atom is 0.338 e. The maximum atomic E-state index is 11.4. The minimum atomic E-state index is -0.476. The lowest BCUT2D eigenvalue weighted by Crippen LogP contribution is -2.12. The molecule has 0 spiro atoms. The Labute approximate surface area is 94.1 Å². The van der Waals surface area contributed by atoms with Gasteiger partial charge in [-0.3, -0.25) is 0 Å². The van der Waals surface area contributed by atoms with Gasteiger partial charge in [0.05, 0.1) is 13.7 Å². The Bertz CT molecular complexity index is 388. The van der Waals surface area contributed by atoms with Gasteiger partial charge in [0, 0.05) is 5.56 Å². The third-order valence-electron chi connectivity index (χ3n) is 2.46. The Kier molecular flexibility index (Phi) is 3.10. The van der Waals surface area contributed by atoms with E-state index in [4.69, 9.17) is 14.2 Å². The number of carbonyl (C=O) groups excluding carboxylic acids is 1. The van der Waals surface area contributed by atoms with Gasteiger partial charge in [0.15, 0.2) is 6.10 Å². The second-order valence-electron chi connectivity index (χ2n) is 3.47. The highest BCUT2D eigenvalue weighted by molar-refractivity contribution is 5.78. The zero-order valence-electron chi connectivity index (χ0n) is 9.30. The van der Waals surface area contributed by atoms with Crippen LogP contribution in [0.1, 0.15) is 18.6 Å². The van der Waals surface area contributed by atoms with Gasteiger partial charge in [-0.15, -0.1) is 0 Å². The van der Waals surface area contributed by atoms with E-state index in [1.165, 1.54) is 0 Å². The SMILES string of the molecule is CCOC(=O)[C@@H]1O[C@@H]1c1ccccc1OC. The number of carbonyl (C=O) groups is 1. The fourth-order valence-electron chi connectivity index (χ4n) is 1.65. The van der Waals surface area contributed by atoms with Crippen LogP contribution in [-0.4, -0.2) is 25.8 Å². The van der Waals surface area contributed by atoms with E-state index in [-0.39, 0.29) is 12.1 Å². The summed E-state index contributed by atoms with van der Waals surface area (Å²) in [6.45, 7) is 2.15. The van der Waals surface area contributed by atoms with Crippen molar-refractivity contribution in [3.05, 3.63) is 29.8 Å². The number of hydrogen-bond donors (Lipinski definition) is 0. The molecule has 0 aliphatic carbocycles. The highest BCUT2D eigenvalue weighted by Gasteiger charge is 2.48. The van der Waals surface area contributed by atoms with Crippen molar-refractivity contribution in [2.24, 2.45) is 0 Å². The molecule has 0 saturated carbocycles. The molecular formula is C12H14O4. The predicted octanol–water partition coefficient (Wildman–Crippen LogP) is 1.70. The number of epoxide rings is 1. The van der Waals surface area contributed by atoms with Gasteiger partial charge in [-0.2, -0.15) is 0 Å². The molecule has 0 radical (unpaired) electrons. The van der Waals surface area contributed by atoms with E-state index in [1.54, 1.807) is 14.0 Å². The van der Waals surface area contributed by atoms with Crippen molar-refractivity contribution in [1.29, 1.82) is 0 Å². The number of hydrogen-bond acceptors (Lipinski definition) is 4. The Hall–Kier alpha value is -1.55. The minimum Gasteiger partial charge on any atom is -0.496 e. The van der Waals surface area contributed by atoms with Gasteiger partial charge in [0.1, 0.15) is 11.9 Å². The molecular weight excluding hydrogens is 208 g/mol. The molecule has 0 unspecified atom stereocenters. The van der Waals surface area contributed by atoms with E-state index in [0.717, 1.165) is 11.3 Å². The predicted molar refractivity (Wildman–Crippen MR) is 57.2 cm³/mol. The van der Waals surface area contributed by atoms with Crippen LogP contribution < -0.4 is 4.74 Å². The van der Waals surface area contributed by atoms with Gasteiger partial charge < -0.3 is 14.2 Å². The minimum absolute atomic E-state index is 0.227. The molecule has 1 fully saturated rings. The molecule has 16 heavy (non-hydrogen) atoms. The van der Waals surface area contributed by atoms with Crippen molar-refractivity contribution < 1.29 is 19.0 Å². The Morgan fingerprint density at radius 3 is 2.88 bits per heavy atom. The molecule has 0 aromatic heterocycles. The van der Waals surface area contributed by atoms with Crippen LogP contribution in [0.5, 0.6) is 5.75 Å². The molecule has 4 nitrogen and oxygen atoms in total. The molecule has 4 heteroatoms. The first-order chi connectivity index (χ1) is 7.77. The van der Waals surface area contributed by atoms with Gasteiger partial charge in [0.25, 0.3) is 0 Å².